The molecule has 1 aromatic rings. The van der Waals surface area contributed by atoms with Crippen molar-refractivity contribution in [3.8, 4) is 0 Å². The van der Waals surface area contributed by atoms with Gasteiger partial charge in [0, 0.05) is 5.92 Å². The van der Waals surface area contributed by atoms with Gasteiger partial charge in [-0.05, 0) is 12.5 Å². The van der Waals surface area contributed by atoms with Gasteiger partial charge in [-0.25, -0.2) is 4.79 Å². The highest BCUT2D eigenvalue weighted by Gasteiger charge is 2.37. The van der Waals surface area contributed by atoms with Gasteiger partial charge in [-0.1, -0.05) is 37.3 Å². The Morgan fingerprint density at radius 2 is 1.86 bits per heavy atom. The fraction of sp³-hybridized carbons (Fsp3) is 0.364. The van der Waals surface area contributed by atoms with Gasteiger partial charge < -0.3 is 10.2 Å². The number of rotatable bonds is 3. The van der Waals surface area contributed by atoms with Gasteiger partial charge in [-0.3, -0.25) is 0 Å². The molecule has 0 saturated heterocycles. The molecule has 76 valence electrons. The summed E-state index contributed by atoms with van der Waals surface area (Å²) in [5.41, 5.74) is -0.902. The van der Waals surface area contributed by atoms with Crippen LogP contribution in [0.4, 0.5) is 0 Å². The van der Waals surface area contributed by atoms with Crippen LogP contribution >= 0.6 is 0 Å². The SMILES string of the molecule is CC(c1ccccc1)C(C)(O)C(=O)O. The van der Waals surface area contributed by atoms with Gasteiger partial charge in [0.05, 0.1) is 0 Å². The first kappa shape index (κ1) is 10.7. The van der Waals surface area contributed by atoms with Crippen LogP contribution < -0.4 is 0 Å². The van der Waals surface area contributed by atoms with E-state index in [0.717, 1.165) is 5.56 Å². The van der Waals surface area contributed by atoms with Gasteiger partial charge in [-0.2, -0.15) is 0 Å². The van der Waals surface area contributed by atoms with Gasteiger partial charge in [0.1, 0.15) is 0 Å². The normalized spacial score (nSPS) is 17.1. The largest absolute Gasteiger partial charge is 0.479 e. The fourth-order valence-electron chi connectivity index (χ4n) is 1.25. The minimum absolute atomic E-state index is 0.429. The topological polar surface area (TPSA) is 57.5 Å². The highest BCUT2D eigenvalue weighted by Crippen LogP contribution is 2.27. The zero-order chi connectivity index (χ0) is 10.8. The second-order valence-corrected chi connectivity index (χ2v) is 3.59. The summed E-state index contributed by atoms with van der Waals surface area (Å²) in [7, 11) is 0. The van der Waals surface area contributed by atoms with Crippen LogP contribution in [0.5, 0.6) is 0 Å². The summed E-state index contributed by atoms with van der Waals surface area (Å²) >= 11 is 0. The van der Waals surface area contributed by atoms with Gasteiger partial charge in [0.15, 0.2) is 5.60 Å². The van der Waals surface area contributed by atoms with Crippen molar-refractivity contribution in [1.82, 2.24) is 0 Å². The molecule has 14 heavy (non-hydrogen) atoms. The number of carboxylic acids is 1. The van der Waals surface area contributed by atoms with Crippen LogP contribution in [0, 0.1) is 0 Å². The van der Waals surface area contributed by atoms with Crippen molar-refractivity contribution in [1.29, 1.82) is 0 Å². The van der Waals surface area contributed by atoms with E-state index in [9.17, 15) is 9.90 Å². The van der Waals surface area contributed by atoms with Gasteiger partial charge >= 0.3 is 5.97 Å². The Kier molecular flexibility index (Phi) is 2.91. The smallest absolute Gasteiger partial charge is 0.336 e. The van der Waals surface area contributed by atoms with E-state index in [0.29, 0.717) is 0 Å². The van der Waals surface area contributed by atoms with E-state index < -0.39 is 17.5 Å². The summed E-state index contributed by atoms with van der Waals surface area (Å²) < 4.78 is 0. The van der Waals surface area contributed by atoms with Crippen molar-refractivity contribution in [2.24, 2.45) is 0 Å². The van der Waals surface area contributed by atoms with Gasteiger partial charge in [0.2, 0.25) is 0 Å². The number of carboxylic acid groups (broad SMARTS) is 1. The van der Waals surface area contributed by atoms with Crippen molar-refractivity contribution >= 4 is 5.97 Å². The molecular weight excluding hydrogens is 180 g/mol. The van der Waals surface area contributed by atoms with Crippen LogP contribution in [0.25, 0.3) is 0 Å². The van der Waals surface area contributed by atoms with Crippen molar-refractivity contribution < 1.29 is 15.0 Å². The zero-order valence-corrected chi connectivity index (χ0v) is 8.27. The van der Waals surface area contributed by atoms with E-state index in [1.807, 2.05) is 30.3 Å². The molecule has 2 atom stereocenters. The maximum Gasteiger partial charge on any atom is 0.336 e. The first-order valence-electron chi connectivity index (χ1n) is 4.47. The lowest BCUT2D eigenvalue weighted by Gasteiger charge is -2.25. The molecule has 2 unspecified atom stereocenters. The highest BCUT2D eigenvalue weighted by atomic mass is 16.4. The van der Waals surface area contributed by atoms with Crippen LogP contribution in [-0.2, 0) is 4.79 Å². The molecule has 0 spiro atoms. The van der Waals surface area contributed by atoms with Gasteiger partial charge in [0.25, 0.3) is 0 Å². The van der Waals surface area contributed by atoms with Crippen LogP contribution in [0.2, 0.25) is 0 Å². The number of aliphatic carboxylic acids is 1. The molecule has 0 aliphatic carbocycles. The Labute approximate surface area is 83.0 Å². The number of benzene rings is 1. The van der Waals surface area contributed by atoms with E-state index in [1.54, 1.807) is 6.92 Å². The monoisotopic (exact) mass is 194 g/mol. The fourth-order valence-corrected chi connectivity index (χ4v) is 1.25. The Bertz CT molecular complexity index is 317. The third kappa shape index (κ3) is 1.93. The lowest BCUT2D eigenvalue weighted by atomic mass is 9.85. The van der Waals surface area contributed by atoms with Crippen LogP contribution in [0.3, 0.4) is 0 Å². The molecule has 0 aromatic heterocycles. The molecule has 1 rings (SSSR count). The molecule has 0 aliphatic heterocycles. The van der Waals surface area contributed by atoms with E-state index in [1.165, 1.54) is 6.92 Å². The summed E-state index contributed by atoms with van der Waals surface area (Å²) in [4.78, 5) is 10.8. The summed E-state index contributed by atoms with van der Waals surface area (Å²) in [5.74, 6) is -1.63. The first-order chi connectivity index (χ1) is 6.46. The molecule has 0 heterocycles. The Balaban J connectivity index is 2.96. The summed E-state index contributed by atoms with van der Waals surface area (Å²) in [6.45, 7) is 3.01. The predicted octanol–water partition coefficient (Wildman–Crippen LogP) is 1.63. The minimum atomic E-state index is -1.72. The van der Waals surface area contributed by atoms with Crippen molar-refractivity contribution in [2.75, 3.05) is 0 Å². The van der Waals surface area contributed by atoms with Crippen LogP contribution in [-0.4, -0.2) is 21.8 Å². The lowest BCUT2D eigenvalue weighted by molar-refractivity contribution is -0.158. The van der Waals surface area contributed by atoms with E-state index in [2.05, 4.69) is 0 Å². The minimum Gasteiger partial charge on any atom is -0.479 e. The summed E-state index contributed by atoms with van der Waals surface area (Å²) in [5, 5.41) is 18.5. The van der Waals surface area contributed by atoms with E-state index in [-0.39, 0.29) is 0 Å². The van der Waals surface area contributed by atoms with Crippen molar-refractivity contribution in [3.63, 3.8) is 0 Å². The second kappa shape index (κ2) is 3.80. The maximum absolute atomic E-state index is 10.8. The molecule has 0 saturated carbocycles. The first-order valence-corrected chi connectivity index (χ1v) is 4.47. The molecule has 0 amide bonds. The van der Waals surface area contributed by atoms with Crippen molar-refractivity contribution in [3.05, 3.63) is 35.9 Å². The average Bonchev–Trinajstić information content (AvgIpc) is 2.17. The molecule has 0 fully saturated rings. The molecule has 0 aliphatic rings. The maximum atomic E-state index is 10.8. The van der Waals surface area contributed by atoms with E-state index in [4.69, 9.17) is 5.11 Å². The third-order valence-corrected chi connectivity index (χ3v) is 2.58. The molecule has 0 radical (unpaired) electrons. The molecule has 2 N–H and O–H groups in total. The predicted molar refractivity (Wildman–Crippen MR) is 53.1 cm³/mol. The Morgan fingerprint density at radius 1 is 1.36 bits per heavy atom. The van der Waals surface area contributed by atoms with Crippen molar-refractivity contribution in [2.45, 2.75) is 25.4 Å². The standard InChI is InChI=1S/C11H14O3/c1-8(11(2,14)10(12)13)9-6-4-3-5-7-9/h3-8,14H,1-2H3,(H,12,13). The molecule has 3 heteroatoms. The van der Waals surface area contributed by atoms with E-state index >= 15 is 0 Å². The third-order valence-electron chi connectivity index (χ3n) is 2.58. The quantitative estimate of drug-likeness (QED) is 0.768. The van der Waals surface area contributed by atoms with Crippen LogP contribution in [0.1, 0.15) is 25.3 Å². The number of aliphatic hydroxyl groups is 1. The number of hydrogen-bond acceptors (Lipinski definition) is 2. The molecule has 3 nitrogen and oxygen atoms in total. The molecule has 1 aromatic carbocycles. The van der Waals surface area contributed by atoms with Crippen LogP contribution in [0.15, 0.2) is 30.3 Å². The number of carbonyl (C=O) groups is 1. The second-order valence-electron chi connectivity index (χ2n) is 3.59. The summed E-state index contributed by atoms with van der Waals surface area (Å²) in [6.07, 6.45) is 0. The summed E-state index contributed by atoms with van der Waals surface area (Å²) in [6, 6.07) is 9.11. The van der Waals surface area contributed by atoms with Gasteiger partial charge in [-0.15, -0.1) is 0 Å². The Hall–Kier alpha value is -1.35. The highest BCUT2D eigenvalue weighted by molar-refractivity contribution is 5.78. The lowest BCUT2D eigenvalue weighted by Crippen LogP contribution is -2.40. The molecule has 0 bridgehead atoms. The average molecular weight is 194 g/mol. The zero-order valence-electron chi connectivity index (χ0n) is 8.27. The number of hydrogen-bond donors (Lipinski definition) is 2. The molecular formula is C11H14O3. The Morgan fingerprint density at radius 3 is 2.29 bits per heavy atom.